The van der Waals surface area contributed by atoms with Crippen molar-refractivity contribution in [3.8, 4) is 0 Å². The summed E-state index contributed by atoms with van der Waals surface area (Å²) < 4.78 is 13.0. The Morgan fingerprint density at radius 2 is 2.00 bits per heavy atom. The van der Waals surface area contributed by atoms with Crippen molar-refractivity contribution in [1.82, 2.24) is 4.90 Å². The summed E-state index contributed by atoms with van der Waals surface area (Å²) in [6, 6.07) is 6.36. The normalized spacial score (nSPS) is 23.6. The average molecular weight is 292 g/mol. The first-order valence-corrected chi connectivity index (χ1v) is 7.70. The number of halogens is 1. The number of carbonyl (C=O) groups excluding carboxylic acids is 1. The van der Waals surface area contributed by atoms with Crippen LogP contribution in [0.5, 0.6) is 0 Å². The summed E-state index contributed by atoms with van der Waals surface area (Å²) in [6.45, 7) is 6.88. The molecule has 3 atom stereocenters. The summed E-state index contributed by atoms with van der Waals surface area (Å²) in [7, 11) is 0. The average Bonchev–Trinajstić information content (AvgIpc) is 2.80. The summed E-state index contributed by atoms with van der Waals surface area (Å²) in [5.74, 6) is 0.503. The predicted octanol–water partition coefficient (Wildman–Crippen LogP) is 2.90. The number of nitrogens with two attached hydrogens (primary N) is 1. The molecule has 0 saturated carbocycles. The fraction of sp³-hybridized carbons (Fsp3) is 0.588. The third-order valence-electron chi connectivity index (χ3n) is 4.24. The number of hydrogen-bond donors (Lipinski definition) is 1. The van der Waals surface area contributed by atoms with Gasteiger partial charge in [0.05, 0.1) is 6.04 Å². The Kier molecular flexibility index (Phi) is 4.99. The number of hydrogen-bond acceptors (Lipinski definition) is 2. The molecule has 1 heterocycles. The van der Waals surface area contributed by atoms with Crippen molar-refractivity contribution >= 4 is 5.91 Å². The summed E-state index contributed by atoms with van der Waals surface area (Å²) in [6.07, 6.45) is 1.62. The molecule has 0 radical (unpaired) electrons. The highest BCUT2D eigenvalue weighted by atomic mass is 19.1. The third-order valence-corrected chi connectivity index (χ3v) is 4.24. The summed E-state index contributed by atoms with van der Waals surface area (Å²) in [5, 5.41) is 0. The monoisotopic (exact) mass is 292 g/mol. The van der Waals surface area contributed by atoms with E-state index in [4.69, 9.17) is 5.73 Å². The molecule has 1 aliphatic rings. The maximum atomic E-state index is 13.0. The van der Waals surface area contributed by atoms with Crippen LogP contribution in [0.4, 0.5) is 4.39 Å². The van der Waals surface area contributed by atoms with Crippen molar-refractivity contribution in [2.75, 3.05) is 6.54 Å². The first-order valence-electron chi connectivity index (χ1n) is 7.70. The lowest BCUT2D eigenvalue weighted by Gasteiger charge is -2.25. The molecule has 1 saturated heterocycles. The van der Waals surface area contributed by atoms with E-state index in [0.29, 0.717) is 18.9 Å². The van der Waals surface area contributed by atoms with Gasteiger partial charge in [0.2, 0.25) is 5.91 Å². The van der Waals surface area contributed by atoms with Gasteiger partial charge < -0.3 is 10.6 Å². The Hall–Kier alpha value is -1.42. The van der Waals surface area contributed by atoms with Gasteiger partial charge >= 0.3 is 0 Å². The van der Waals surface area contributed by atoms with Crippen LogP contribution in [0, 0.1) is 11.7 Å². The highest BCUT2D eigenvalue weighted by Crippen LogP contribution is 2.32. The van der Waals surface area contributed by atoms with E-state index in [1.807, 2.05) is 17.0 Å². The molecule has 0 bridgehead atoms. The second-order valence-electron chi connectivity index (χ2n) is 6.56. The fourth-order valence-corrected chi connectivity index (χ4v) is 3.14. The van der Waals surface area contributed by atoms with Gasteiger partial charge in [0, 0.05) is 18.5 Å². The molecule has 1 amide bonds. The zero-order valence-corrected chi connectivity index (χ0v) is 13.1. The van der Waals surface area contributed by atoms with E-state index in [1.54, 1.807) is 0 Å². The van der Waals surface area contributed by atoms with Crippen LogP contribution in [0.15, 0.2) is 24.3 Å². The Morgan fingerprint density at radius 1 is 1.38 bits per heavy atom. The van der Waals surface area contributed by atoms with Crippen molar-refractivity contribution in [3.05, 3.63) is 35.6 Å². The van der Waals surface area contributed by atoms with Gasteiger partial charge in [0.25, 0.3) is 0 Å². The van der Waals surface area contributed by atoms with Gasteiger partial charge in [-0.3, -0.25) is 4.79 Å². The smallest absolute Gasteiger partial charge is 0.239 e. The number of rotatable bonds is 4. The van der Waals surface area contributed by atoms with Gasteiger partial charge in [0.1, 0.15) is 5.82 Å². The zero-order chi connectivity index (χ0) is 15.6. The van der Waals surface area contributed by atoms with E-state index in [2.05, 4.69) is 20.8 Å². The predicted molar refractivity (Wildman–Crippen MR) is 82.4 cm³/mol. The molecule has 2 rings (SSSR count). The Bertz CT molecular complexity index is 486. The summed E-state index contributed by atoms with van der Waals surface area (Å²) in [5.41, 5.74) is 7.12. The van der Waals surface area contributed by atoms with Crippen LogP contribution in [-0.2, 0) is 4.79 Å². The molecular weight excluding hydrogens is 267 g/mol. The molecule has 1 aromatic rings. The number of amides is 1. The second kappa shape index (κ2) is 6.56. The van der Waals surface area contributed by atoms with Gasteiger partial charge in [-0.2, -0.15) is 0 Å². The van der Waals surface area contributed by atoms with Crippen molar-refractivity contribution in [2.24, 2.45) is 11.7 Å². The lowest BCUT2D eigenvalue weighted by molar-refractivity contribution is -0.133. The zero-order valence-electron chi connectivity index (χ0n) is 13.1. The first kappa shape index (κ1) is 16.0. The van der Waals surface area contributed by atoms with Gasteiger partial charge in [-0.1, -0.05) is 26.0 Å². The van der Waals surface area contributed by atoms with Crippen LogP contribution >= 0.6 is 0 Å². The highest BCUT2D eigenvalue weighted by Gasteiger charge is 2.35. The van der Waals surface area contributed by atoms with Crippen LogP contribution in [0.3, 0.4) is 0 Å². The largest absolute Gasteiger partial charge is 0.338 e. The quantitative estimate of drug-likeness (QED) is 0.927. The first-order chi connectivity index (χ1) is 9.88. The van der Waals surface area contributed by atoms with Crippen LogP contribution in [0.2, 0.25) is 0 Å². The van der Waals surface area contributed by atoms with Gasteiger partial charge in [-0.25, -0.2) is 4.39 Å². The number of carbonyl (C=O) groups is 1. The highest BCUT2D eigenvalue weighted by molar-refractivity contribution is 5.82. The molecule has 1 aliphatic heterocycles. The van der Waals surface area contributed by atoms with E-state index in [0.717, 1.165) is 12.0 Å². The number of likely N-dealkylation sites (tertiary alicyclic amines) is 1. The molecule has 2 unspecified atom stereocenters. The van der Waals surface area contributed by atoms with Gasteiger partial charge in [-0.05, 0) is 43.4 Å². The molecule has 21 heavy (non-hydrogen) atoms. The molecule has 0 spiro atoms. The summed E-state index contributed by atoms with van der Waals surface area (Å²) >= 11 is 0. The second-order valence-corrected chi connectivity index (χ2v) is 6.56. The molecule has 0 aromatic heterocycles. The Morgan fingerprint density at radius 3 is 2.57 bits per heavy atom. The molecule has 116 valence electrons. The van der Waals surface area contributed by atoms with Crippen LogP contribution in [0.1, 0.15) is 45.1 Å². The maximum absolute atomic E-state index is 13.0. The van der Waals surface area contributed by atoms with Crippen molar-refractivity contribution in [2.45, 2.75) is 51.6 Å². The Labute approximate surface area is 126 Å². The minimum Gasteiger partial charge on any atom is -0.338 e. The van der Waals surface area contributed by atoms with Crippen LogP contribution in [0.25, 0.3) is 0 Å². The number of benzene rings is 1. The van der Waals surface area contributed by atoms with E-state index in [1.165, 1.54) is 12.1 Å². The van der Waals surface area contributed by atoms with E-state index in [-0.39, 0.29) is 23.7 Å². The lowest BCUT2D eigenvalue weighted by atomic mass is 9.97. The molecule has 1 aromatic carbocycles. The van der Waals surface area contributed by atoms with Crippen molar-refractivity contribution < 1.29 is 9.18 Å². The van der Waals surface area contributed by atoms with E-state index >= 15 is 0 Å². The van der Waals surface area contributed by atoms with Gasteiger partial charge in [0.15, 0.2) is 0 Å². The minimum atomic E-state index is -0.417. The third kappa shape index (κ3) is 3.82. The maximum Gasteiger partial charge on any atom is 0.239 e. The van der Waals surface area contributed by atoms with E-state index in [9.17, 15) is 9.18 Å². The van der Waals surface area contributed by atoms with E-state index < -0.39 is 6.04 Å². The fourth-order valence-electron chi connectivity index (χ4n) is 3.14. The topological polar surface area (TPSA) is 46.3 Å². The molecule has 3 nitrogen and oxygen atoms in total. The lowest BCUT2D eigenvalue weighted by Crippen LogP contribution is -2.45. The minimum absolute atomic E-state index is 0.0424. The molecule has 0 aliphatic carbocycles. The Balaban J connectivity index is 2.03. The van der Waals surface area contributed by atoms with Gasteiger partial charge in [-0.15, -0.1) is 0 Å². The van der Waals surface area contributed by atoms with Crippen LogP contribution in [-0.4, -0.2) is 29.4 Å². The van der Waals surface area contributed by atoms with Crippen molar-refractivity contribution in [1.29, 1.82) is 0 Å². The number of nitrogens with zero attached hydrogens (tertiary/aromatic N) is 1. The standard InChI is InChI=1S/C17H25FN2O/c1-11(2)8-16(19)17(21)20-10-14(9-12(20)3)13-4-6-15(18)7-5-13/h4-7,11-12,14,16H,8-10,19H2,1-3H3/t12?,14?,16-/m0/s1. The SMILES string of the molecule is CC(C)C[C@H](N)C(=O)N1CC(c2ccc(F)cc2)CC1C. The molecule has 4 heteroatoms. The summed E-state index contributed by atoms with van der Waals surface area (Å²) in [4.78, 5) is 14.4. The molecular formula is C17H25FN2O. The van der Waals surface area contributed by atoms with Crippen LogP contribution < -0.4 is 5.73 Å². The molecule has 2 N–H and O–H groups in total. The van der Waals surface area contributed by atoms with Crippen molar-refractivity contribution in [3.63, 3.8) is 0 Å². The molecule has 1 fully saturated rings.